The van der Waals surface area contributed by atoms with Crippen LogP contribution in [0.2, 0.25) is 0 Å². The molecule has 0 unspecified atom stereocenters. The number of sulfonamides is 1. The molecule has 3 rings (SSSR count). The summed E-state index contributed by atoms with van der Waals surface area (Å²) >= 11 is 1.48. The van der Waals surface area contributed by atoms with Gasteiger partial charge in [0.1, 0.15) is 0 Å². The van der Waals surface area contributed by atoms with Gasteiger partial charge in [0.15, 0.2) is 0 Å². The Morgan fingerprint density at radius 3 is 2.16 bits per heavy atom. The van der Waals surface area contributed by atoms with Gasteiger partial charge in [-0.15, -0.1) is 0 Å². The van der Waals surface area contributed by atoms with Crippen LogP contribution in [0.25, 0.3) is 0 Å². The normalized spacial score (nSPS) is 16.2. The lowest BCUT2D eigenvalue weighted by atomic mass is 10.1. The Morgan fingerprint density at radius 1 is 1.04 bits per heavy atom. The summed E-state index contributed by atoms with van der Waals surface area (Å²) in [6.07, 6.45) is 0. The van der Waals surface area contributed by atoms with Crippen molar-refractivity contribution < 1.29 is 13.2 Å². The predicted octanol–water partition coefficient (Wildman–Crippen LogP) is 2.82. The van der Waals surface area contributed by atoms with Crippen LogP contribution in [0, 0.1) is 20.8 Å². The Morgan fingerprint density at radius 2 is 1.64 bits per heavy atom. The summed E-state index contributed by atoms with van der Waals surface area (Å²) < 4.78 is 27.6. The molecule has 7 heteroatoms. The Labute approximate surface area is 152 Å². The highest BCUT2D eigenvalue weighted by atomic mass is 32.2. The first-order valence-corrected chi connectivity index (χ1v) is 10.6. The molecule has 2 aromatic rings. The zero-order valence-electron chi connectivity index (χ0n) is 14.7. The maximum atomic E-state index is 13.1. The van der Waals surface area contributed by atoms with Gasteiger partial charge in [-0.1, -0.05) is 17.7 Å². The summed E-state index contributed by atoms with van der Waals surface area (Å²) in [6, 6.07) is 5.60. The molecule has 0 aliphatic carbocycles. The number of rotatable bonds is 3. The van der Waals surface area contributed by atoms with Crippen molar-refractivity contribution in [3.8, 4) is 0 Å². The average Bonchev–Trinajstić information content (AvgIpc) is 3.07. The van der Waals surface area contributed by atoms with Crippen molar-refractivity contribution in [2.75, 3.05) is 26.2 Å². The van der Waals surface area contributed by atoms with Crippen LogP contribution in [0.3, 0.4) is 0 Å². The first-order valence-electron chi connectivity index (χ1n) is 8.20. The van der Waals surface area contributed by atoms with Crippen molar-refractivity contribution in [2.24, 2.45) is 0 Å². The SMILES string of the molecule is Cc1cc(C)c(S(=O)(=O)N2CCN(C(=O)c3ccsc3)CC2)c(C)c1. The van der Waals surface area contributed by atoms with Gasteiger partial charge in [-0.05, 0) is 43.3 Å². The second-order valence-electron chi connectivity index (χ2n) is 6.44. The number of carbonyl (C=O) groups is 1. The molecule has 1 aromatic carbocycles. The molecule has 0 N–H and O–H groups in total. The molecule has 0 radical (unpaired) electrons. The standard InChI is InChI=1S/C18H22N2O3S2/c1-13-10-14(2)17(15(3)11-13)25(22,23)20-7-5-19(6-8-20)18(21)16-4-9-24-12-16/h4,9-12H,5-8H2,1-3H3. The maximum absolute atomic E-state index is 13.1. The molecular formula is C18H22N2O3S2. The third-order valence-electron chi connectivity index (χ3n) is 4.50. The van der Waals surface area contributed by atoms with Gasteiger partial charge in [-0.25, -0.2) is 8.42 Å². The number of amides is 1. The minimum Gasteiger partial charge on any atom is -0.336 e. The number of hydrogen-bond acceptors (Lipinski definition) is 4. The Hall–Kier alpha value is -1.70. The van der Waals surface area contributed by atoms with E-state index in [4.69, 9.17) is 0 Å². The molecule has 0 atom stereocenters. The average molecular weight is 379 g/mol. The molecule has 25 heavy (non-hydrogen) atoms. The lowest BCUT2D eigenvalue weighted by Gasteiger charge is -2.34. The second kappa shape index (κ2) is 6.90. The van der Waals surface area contributed by atoms with Crippen LogP contribution >= 0.6 is 11.3 Å². The molecule has 1 amide bonds. The van der Waals surface area contributed by atoms with Crippen molar-refractivity contribution >= 4 is 27.3 Å². The van der Waals surface area contributed by atoms with Crippen LogP contribution in [-0.4, -0.2) is 49.7 Å². The summed E-state index contributed by atoms with van der Waals surface area (Å²) in [6.45, 7) is 7.11. The number of piperazine rings is 1. The van der Waals surface area contributed by atoms with Crippen LogP contribution in [-0.2, 0) is 10.0 Å². The molecule has 0 spiro atoms. The number of carbonyl (C=O) groups excluding carboxylic acids is 1. The van der Waals surface area contributed by atoms with E-state index in [-0.39, 0.29) is 5.91 Å². The molecule has 1 aromatic heterocycles. The van der Waals surface area contributed by atoms with Gasteiger partial charge in [-0.3, -0.25) is 4.79 Å². The fraction of sp³-hybridized carbons (Fsp3) is 0.389. The van der Waals surface area contributed by atoms with Crippen molar-refractivity contribution in [3.05, 3.63) is 51.2 Å². The van der Waals surface area contributed by atoms with E-state index in [1.165, 1.54) is 15.6 Å². The molecule has 134 valence electrons. The monoisotopic (exact) mass is 378 g/mol. The van der Waals surface area contributed by atoms with Crippen LogP contribution < -0.4 is 0 Å². The summed E-state index contributed by atoms with van der Waals surface area (Å²) in [7, 11) is -3.55. The van der Waals surface area contributed by atoms with E-state index >= 15 is 0 Å². The summed E-state index contributed by atoms with van der Waals surface area (Å²) in [5, 5.41) is 3.70. The van der Waals surface area contributed by atoms with Gasteiger partial charge in [-0.2, -0.15) is 15.6 Å². The largest absolute Gasteiger partial charge is 0.336 e. The van der Waals surface area contributed by atoms with Crippen molar-refractivity contribution in [2.45, 2.75) is 25.7 Å². The van der Waals surface area contributed by atoms with Crippen LogP contribution in [0.4, 0.5) is 0 Å². The molecule has 0 saturated carbocycles. The van der Waals surface area contributed by atoms with Gasteiger partial charge in [0, 0.05) is 31.6 Å². The highest BCUT2D eigenvalue weighted by molar-refractivity contribution is 7.89. The molecule has 1 aliphatic heterocycles. The molecule has 5 nitrogen and oxygen atoms in total. The Kier molecular flexibility index (Phi) is 4.99. The van der Waals surface area contributed by atoms with Gasteiger partial charge >= 0.3 is 0 Å². The van der Waals surface area contributed by atoms with Crippen molar-refractivity contribution in [1.29, 1.82) is 0 Å². The van der Waals surface area contributed by atoms with Crippen LogP contribution in [0.15, 0.2) is 33.9 Å². The fourth-order valence-corrected chi connectivity index (χ4v) is 5.87. The van der Waals surface area contributed by atoms with E-state index in [0.717, 1.165) is 16.7 Å². The zero-order chi connectivity index (χ0) is 18.2. The number of nitrogens with zero attached hydrogens (tertiary/aromatic N) is 2. The minimum atomic E-state index is -3.55. The van der Waals surface area contributed by atoms with E-state index < -0.39 is 10.0 Å². The third kappa shape index (κ3) is 3.49. The second-order valence-corrected chi connectivity index (χ2v) is 9.09. The van der Waals surface area contributed by atoms with E-state index in [1.807, 2.05) is 43.7 Å². The number of hydrogen-bond donors (Lipinski definition) is 0. The first-order chi connectivity index (χ1) is 11.8. The lowest BCUT2D eigenvalue weighted by Crippen LogP contribution is -2.50. The summed E-state index contributed by atoms with van der Waals surface area (Å²) in [5.41, 5.74) is 3.27. The van der Waals surface area contributed by atoms with E-state index in [1.54, 1.807) is 11.0 Å². The maximum Gasteiger partial charge on any atom is 0.254 e. The molecular weight excluding hydrogens is 356 g/mol. The Balaban J connectivity index is 1.77. The summed E-state index contributed by atoms with van der Waals surface area (Å²) in [5.74, 6) is -0.0269. The molecule has 1 fully saturated rings. The minimum absolute atomic E-state index is 0.0269. The quantitative estimate of drug-likeness (QED) is 0.825. The fourth-order valence-electron chi connectivity index (χ4n) is 3.40. The van der Waals surface area contributed by atoms with E-state index in [9.17, 15) is 13.2 Å². The third-order valence-corrected chi connectivity index (χ3v) is 7.38. The number of thiophene rings is 1. The number of benzene rings is 1. The first kappa shape index (κ1) is 18.1. The summed E-state index contributed by atoms with van der Waals surface area (Å²) in [4.78, 5) is 14.5. The molecule has 2 heterocycles. The number of aryl methyl sites for hydroxylation is 3. The van der Waals surface area contributed by atoms with Crippen molar-refractivity contribution in [3.63, 3.8) is 0 Å². The van der Waals surface area contributed by atoms with E-state index in [0.29, 0.717) is 36.6 Å². The molecule has 1 aliphatic rings. The zero-order valence-corrected chi connectivity index (χ0v) is 16.3. The van der Waals surface area contributed by atoms with Crippen LogP contribution in [0.5, 0.6) is 0 Å². The van der Waals surface area contributed by atoms with Gasteiger partial charge in [0.25, 0.3) is 5.91 Å². The van der Waals surface area contributed by atoms with Gasteiger partial charge in [0.2, 0.25) is 10.0 Å². The highest BCUT2D eigenvalue weighted by Gasteiger charge is 2.32. The van der Waals surface area contributed by atoms with E-state index in [2.05, 4.69) is 0 Å². The van der Waals surface area contributed by atoms with Crippen molar-refractivity contribution in [1.82, 2.24) is 9.21 Å². The predicted molar refractivity (Wildman–Crippen MR) is 99.6 cm³/mol. The van der Waals surface area contributed by atoms with Gasteiger partial charge < -0.3 is 4.90 Å². The Bertz CT molecular complexity index is 858. The molecule has 1 saturated heterocycles. The highest BCUT2D eigenvalue weighted by Crippen LogP contribution is 2.26. The van der Waals surface area contributed by atoms with Crippen LogP contribution in [0.1, 0.15) is 27.0 Å². The van der Waals surface area contributed by atoms with Gasteiger partial charge in [0.05, 0.1) is 10.5 Å². The lowest BCUT2D eigenvalue weighted by molar-refractivity contribution is 0.0698. The topological polar surface area (TPSA) is 57.7 Å². The smallest absolute Gasteiger partial charge is 0.254 e. The molecule has 0 bridgehead atoms.